The van der Waals surface area contributed by atoms with Gasteiger partial charge in [0.2, 0.25) is 10.0 Å². The second-order valence-electron chi connectivity index (χ2n) is 6.58. The maximum atomic E-state index is 13.1. The van der Waals surface area contributed by atoms with Crippen molar-refractivity contribution in [1.29, 1.82) is 0 Å². The van der Waals surface area contributed by atoms with Crippen LogP contribution in [-0.4, -0.2) is 42.6 Å². The molecule has 0 radical (unpaired) electrons. The SMILES string of the molecule is CCN(CC)S(=O)(=O)c1ccc2c3c(cccc13)C(=O)N2C(=O)c1ccncc1. The number of carbonyl (C=O) groups is 2. The zero-order valence-electron chi connectivity index (χ0n) is 16.0. The van der Waals surface area contributed by atoms with E-state index in [1.165, 1.54) is 41.0 Å². The second-order valence-corrected chi connectivity index (χ2v) is 8.49. The Kier molecular flexibility index (Phi) is 4.68. The van der Waals surface area contributed by atoms with Gasteiger partial charge >= 0.3 is 0 Å². The molecule has 0 saturated carbocycles. The van der Waals surface area contributed by atoms with Crippen molar-refractivity contribution in [3.8, 4) is 0 Å². The lowest BCUT2D eigenvalue weighted by Gasteiger charge is -2.20. The first-order chi connectivity index (χ1) is 13.9. The van der Waals surface area contributed by atoms with Crippen molar-refractivity contribution in [3.05, 3.63) is 66.0 Å². The van der Waals surface area contributed by atoms with E-state index in [0.29, 0.717) is 40.7 Å². The minimum absolute atomic E-state index is 0.132. The number of sulfonamides is 1. The van der Waals surface area contributed by atoms with Crippen molar-refractivity contribution < 1.29 is 18.0 Å². The molecule has 0 aliphatic carbocycles. The number of nitrogens with zero attached hydrogens (tertiary/aromatic N) is 3. The van der Waals surface area contributed by atoms with Crippen LogP contribution in [0.25, 0.3) is 10.8 Å². The van der Waals surface area contributed by atoms with Crippen LogP contribution in [0.2, 0.25) is 0 Å². The molecule has 7 nitrogen and oxygen atoms in total. The Morgan fingerprint density at radius 3 is 2.38 bits per heavy atom. The zero-order valence-corrected chi connectivity index (χ0v) is 16.8. The van der Waals surface area contributed by atoms with Crippen LogP contribution in [-0.2, 0) is 10.0 Å². The van der Waals surface area contributed by atoms with E-state index in [0.717, 1.165) is 4.90 Å². The van der Waals surface area contributed by atoms with Crippen LogP contribution in [0.3, 0.4) is 0 Å². The highest BCUT2D eigenvalue weighted by Gasteiger charge is 2.37. The van der Waals surface area contributed by atoms with Crippen molar-refractivity contribution in [2.24, 2.45) is 0 Å². The fourth-order valence-corrected chi connectivity index (χ4v) is 5.35. The molecule has 0 atom stereocenters. The third-order valence-electron chi connectivity index (χ3n) is 5.11. The van der Waals surface area contributed by atoms with E-state index in [4.69, 9.17) is 0 Å². The Labute approximate surface area is 168 Å². The van der Waals surface area contributed by atoms with E-state index < -0.39 is 21.8 Å². The minimum atomic E-state index is -3.73. The fraction of sp³-hybridized carbons (Fsp3) is 0.190. The van der Waals surface area contributed by atoms with E-state index in [1.54, 1.807) is 32.0 Å². The molecule has 2 amide bonds. The Morgan fingerprint density at radius 1 is 1.03 bits per heavy atom. The summed E-state index contributed by atoms with van der Waals surface area (Å²) in [6, 6.07) is 11.0. The zero-order chi connectivity index (χ0) is 20.8. The molecule has 0 bridgehead atoms. The summed E-state index contributed by atoms with van der Waals surface area (Å²) in [7, 11) is -3.73. The number of benzene rings is 2. The van der Waals surface area contributed by atoms with Gasteiger partial charge in [-0.1, -0.05) is 26.0 Å². The summed E-state index contributed by atoms with van der Waals surface area (Å²) in [5.41, 5.74) is 1.03. The molecule has 0 spiro atoms. The van der Waals surface area contributed by atoms with Gasteiger partial charge in [-0.05, 0) is 30.3 Å². The molecule has 1 aliphatic rings. The number of amides is 2. The summed E-state index contributed by atoms with van der Waals surface area (Å²) in [4.78, 5) is 31.2. The van der Waals surface area contributed by atoms with E-state index in [2.05, 4.69) is 4.98 Å². The number of hydrogen-bond donors (Lipinski definition) is 0. The molecular formula is C21H19N3O4S. The number of hydrogen-bond acceptors (Lipinski definition) is 5. The topological polar surface area (TPSA) is 87.7 Å². The Hall–Kier alpha value is -3.10. The largest absolute Gasteiger partial charge is 0.268 e. The molecule has 8 heteroatoms. The number of pyridine rings is 1. The molecule has 29 heavy (non-hydrogen) atoms. The highest BCUT2D eigenvalue weighted by atomic mass is 32.2. The molecule has 0 N–H and O–H groups in total. The van der Waals surface area contributed by atoms with Gasteiger partial charge in [0.25, 0.3) is 11.8 Å². The molecule has 4 rings (SSSR count). The molecule has 3 aromatic rings. The monoisotopic (exact) mass is 409 g/mol. The van der Waals surface area contributed by atoms with Crippen LogP contribution in [0.4, 0.5) is 5.69 Å². The van der Waals surface area contributed by atoms with Crippen molar-refractivity contribution in [2.45, 2.75) is 18.7 Å². The highest BCUT2D eigenvalue weighted by molar-refractivity contribution is 7.89. The summed E-state index contributed by atoms with van der Waals surface area (Å²) >= 11 is 0. The van der Waals surface area contributed by atoms with Gasteiger partial charge < -0.3 is 0 Å². The third-order valence-corrected chi connectivity index (χ3v) is 7.21. The molecule has 1 aliphatic heterocycles. The summed E-state index contributed by atoms with van der Waals surface area (Å²) in [6.45, 7) is 4.24. The van der Waals surface area contributed by atoms with Crippen LogP contribution in [0.1, 0.15) is 34.6 Å². The Morgan fingerprint density at radius 2 is 1.72 bits per heavy atom. The van der Waals surface area contributed by atoms with E-state index in [-0.39, 0.29) is 4.90 Å². The van der Waals surface area contributed by atoms with Crippen LogP contribution in [0.5, 0.6) is 0 Å². The summed E-state index contributed by atoms with van der Waals surface area (Å²) in [5, 5.41) is 0.915. The van der Waals surface area contributed by atoms with Gasteiger partial charge in [0.15, 0.2) is 0 Å². The van der Waals surface area contributed by atoms with E-state index in [9.17, 15) is 18.0 Å². The van der Waals surface area contributed by atoms with Gasteiger partial charge in [0.1, 0.15) is 0 Å². The van der Waals surface area contributed by atoms with E-state index >= 15 is 0 Å². The van der Waals surface area contributed by atoms with Crippen molar-refractivity contribution >= 4 is 38.3 Å². The van der Waals surface area contributed by atoms with Gasteiger partial charge in [-0.25, -0.2) is 13.3 Å². The average Bonchev–Trinajstić information content (AvgIpc) is 3.02. The van der Waals surface area contributed by atoms with Crippen LogP contribution in [0.15, 0.2) is 59.8 Å². The van der Waals surface area contributed by atoms with Gasteiger partial charge in [0, 0.05) is 41.8 Å². The van der Waals surface area contributed by atoms with Crippen LogP contribution in [0, 0.1) is 0 Å². The van der Waals surface area contributed by atoms with Gasteiger partial charge in [-0.2, -0.15) is 4.31 Å². The maximum Gasteiger partial charge on any atom is 0.266 e. The summed E-state index contributed by atoms with van der Waals surface area (Å²) < 4.78 is 27.6. The lowest BCUT2D eigenvalue weighted by Crippen LogP contribution is -2.33. The number of imide groups is 1. The van der Waals surface area contributed by atoms with Crippen molar-refractivity contribution in [1.82, 2.24) is 9.29 Å². The van der Waals surface area contributed by atoms with Crippen molar-refractivity contribution in [2.75, 3.05) is 18.0 Å². The normalized spacial score (nSPS) is 13.5. The molecule has 1 aromatic heterocycles. The molecule has 0 unspecified atom stereocenters. The van der Waals surface area contributed by atoms with Gasteiger partial charge in [-0.3, -0.25) is 14.6 Å². The first-order valence-corrected chi connectivity index (χ1v) is 10.7. The first kappa shape index (κ1) is 19.2. The average molecular weight is 409 g/mol. The lowest BCUT2D eigenvalue weighted by molar-refractivity contribution is 0.0903. The molecule has 0 saturated heterocycles. The standard InChI is InChI=1S/C21H19N3O4S/c1-3-23(4-2)29(27,28)18-9-8-17-19-15(18)6-5-7-16(19)21(26)24(17)20(25)14-10-12-22-13-11-14/h5-13H,3-4H2,1-2H3. The fourth-order valence-electron chi connectivity index (χ4n) is 3.71. The molecule has 2 aromatic carbocycles. The van der Waals surface area contributed by atoms with Gasteiger partial charge in [-0.15, -0.1) is 0 Å². The number of anilines is 1. The molecule has 148 valence electrons. The van der Waals surface area contributed by atoms with Crippen LogP contribution >= 0.6 is 0 Å². The summed E-state index contributed by atoms with van der Waals surface area (Å²) in [6.07, 6.45) is 2.96. The predicted octanol–water partition coefficient (Wildman–Crippen LogP) is 3.07. The predicted molar refractivity (Wildman–Crippen MR) is 109 cm³/mol. The molecule has 2 heterocycles. The lowest BCUT2D eigenvalue weighted by atomic mass is 10.1. The Balaban J connectivity index is 1.93. The Bertz CT molecular complexity index is 1240. The van der Waals surface area contributed by atoms with Gasteiger partial charge in [0.05, 0.1) is 16.1 Å². The van der Waals surface area contributed by atoms with E-state index in [1.807, 2.05) is 0 Å². The molecule has 0 fully saturated rings. The minimum Gasteiger partial charge on any atom is -0.268 e. The maximum absolute atomic E-state index is 13.1. The van der Waals surface area contributed by atoms with Crippen LogP contribution < -0.4 is 4.90 Å². The number of rotatable bonds is 5. The third kappa shape index (κ3) is 2.83. The quantitative estimate of drug-likeness (QED) is 0.605. The number of carbonyl (C=O) groups excluding carboxylic acids is 2. The van der Waals surface area contributed by atoms with Crippen molar-refractivity contribution in [3.63, 3.8) is 0 Å². The number of aromatic nitrogens is 1. The molecular weight excluding hydrogens is 390 g/mol. The highest BCUT2D eigenvalue weighted by Crippen LogP contribution is 2.41. The first-order valence-electron chi connectivity index (χ1n) is 9.26. The smallest absolute Gasteiger partial charge is 0.266 e. The second kappa shape index (κ2) is 7.06. The summed E-state index contributed by atoms with van der Waals surface area (Å²) in [5.74, 6) is -0.945.